The fraction of sp³-hybridized carbons (Fsp3) is 0.304. The lowest BCUT2D eigenvalue weighted by atomic mass is 9.88. The molecule has 0 spiro atoms. The fourth-order valence-corrected chi connectivity index (χ4v) is 4.03. The van der Waals surface area contributed by atoms with Gasteiger partial charge in [-0.05, 0) is 48.1 Å². The molecule has 1 aliphatic heterocycles. The maximum Gasteiger partial charge on any atom is 0.493 e. The number of likely N-dealkylation sites (tertiary alicyclic amines) is 1. The number of alkyl halides is 3. The van der Waals surface area contributed by atoms with Crippen molar-refractivity contribution in [1.82, 2.24) is 9.63 Å². The van der Waals surface area contributed by atoms with Crippen molar-refractivity contribution >= 4 is 22.8 Å². The third-order valence-electron chi connectivity index (χ3n) is 5.76. The average Bonchev–Trinajstić information content (AvgIpc) is 3.20. The van der Waals surface area contributed by atoms with E-state index >= 15 is 0 Å². The number of carbonyl (C=O) groups is 2. The largest absolute Gasteiger partial charge is 0.493 e. The van der Waals surface area contributed by atoms with Gasteiger partial charge in [-0.1, -0.05) is 30.3 Å². The normalized spacial score (nSPS) is 15.2. The maximum absolute atomic E-state index is 13.0. The molecular weight excluding hydrogens is 423 g/mol. The number of halogens is 3. The SMILES string of the molecule is NCc1cccc(C2CCN(C(=O)c3ccc4ccn(OC(=O)C(F)(F)F)c4c3)CC2)c1. The number of benzene rings is 2. The second-order valence-electron chi connectivity index (χ2n) is 7.81. The van der Waals surface area contributed by atoms with Crippen LogP contribution in [0.2, 0.25) is 0 Å². The first-order chi connectivity index (χ1) is 15.3. The monoisotopic (exact) mass is 445 g/mol. The molecule has 0 bridgehead atoms. The highest BCUT2D eigenvalue weighted by molar-refractivity contribution is 5.98. The van der Waals surface area contributed by atoms with Gasteiger partial charge in [0.15, 0.2) is 0 Å². The number of nitrogens with two attached hydrogens (primary N) is 1. The second-order valence-corrected chi connectivity index (χ2v) is 7.81. The van der Waals surface area contributed by atoms with Crippen LogP contribution in [0.15, 0.2) is 54.7 Å². The molecule has 2 heterocycles. The number of piperidine rings is 1. The first-order valence-corrected chi connectivity index (χ1v) is 10.2. The zero-order valence-corrected chi connectivity index (χ0v) is 17.1. The number of hydrogen-bond donors (Lipinski definition) is 1. The molecule has 32 heavy (non-hydrogen) atoms. The van der Waals surface area contributed by atoms with Crippen molar-refractivity contribution in [1.29, 1.82) is 0 Å². The van der Waals surface area contributed by atoms with Crippen LogP contribution in [0.25, 0.3) is 10.9 Å². The van der Waals surface area contributed by atoms with Gasteiger partial charge in [0, 0.05) is 36.8 Å². The third-order valence-corrected chi connectivity index (χ3v) is 5.76. The second kappa shape index (κ2) is 8.66. The van der Waals surface area contributed by atoms with Crippen LogP contribution in [-0.2, 0) is 11.3 Å². The Morgan fingerprint density at radius 3 is 2.50 bits per heavy atom. The molecule has 1 aromatic heterocycles. The Balaban J connectivity index is 1.47. The topological polar surface area (TPSA) is 77.6 Å². The summed E-state index contributed by atoms with van der Waals surface area (Å²) >= 11 is 0. The van der Waals surface area contributed by atoms with E-state index in [9.17, 15) is 22.8 Å². The van der Waals surface area contributed by atoms with Gasteiger partial charge in [0.25, 0.3) is 5.91 Å². The highest BCUT2D eigenvalue weighted by atomic mass is 19.4. The summed E-state index contributed by atoms with van der Waals surface area (Å²) in [5.41, 5.74) is 8.55. The summed E-state index contributed by atoms with van der Waals surface area (Å²) in [6, 6.07) is 14.3. The summed E-state index contributed by atoms with van der Waals surface area (Å²) in [5.74, 6) is -2.20. The number of aromatic nitrogens is 1. The molecule has 3 aromatic rings. The number of rotatable bonds is 4. The molecule has 0 aliphatic carbocycles. The highest BCUT2D eigenvalue weighted by Gasteiger charge is 2.42. The summed E-state index contributed by atoms with van der Waals surface area (Å²) in [4.78, 5) is 30.3. The van der Waals surface area contributed by atoms with Gasteiger partial charge in [-0.2, -0.15) is 17.9 Å². The third kappa shape index (κ3) is 4.47. The lowest BCUT2D eigenvalue weighted by Gasteiger charge is -2.32. The number of hydrogen-bond acceptors (Lipinski definition) is 4. The Morgan fingerprint density at radius 2 is 1.81 bits per heavy atom. The summed E-state index contributed by atoms with van der Waals surface area (Å²) < 4.78 is 38.3. The molecule has 4 rings (SSSR count). The van der Waals surface area contributed by atoms with E-state index in [-0.39, 0.29) is 11.4 Å². The molecule has 1 saturated heterocycles. The smallest absolute Gasteiger partial charge is 0.339 e. The van der Waals surface area contributed by atoms with Crippen LogP contribution in [0.1, 0.15) is 40.2 Å². The Bertz CT molecular complexity index is 1150. The van der Waals surface area contributed by atoms with Crippen molar-refractivity contribution < 1.29 is 27.6 Å². The minimum atomic E-state index is -5.11. The predicted molar refractivity (Wildman–Crippen MR) is 112 cm³/mol. The number of amides is 1. The molecule has 1 amide bonds. The van der Waals surface area contributed by atoms with Crippen LogP contribution in [0.5, 0.6) is 0 Å². The van der Waals surface area contributed by atoms with Gasteiger partial charge in [0.05, 0.1) is 5.52 Å². The molecule has 0 radical (unpaired) electrons. The van der Waals surface area contributed by atoms with Crippen LogP contribution >= 0.6 is 0 Å². The lowest BCUT2D eigenvalue weighted by Crippen LogP contribution is -2.38. The van der Waals surface area contributed by atoms with E-state index in [0.29, 0.717) is 36.5 Å². The predicted octanol–water partition coefficient (Wildman–Crippen LogP) is 3.64. The molecule has 6 nitrogen and oxygen atoms in total. The van der Waals surface area contributed by atoms with E-state index < -0.39 is 12.1 Å². The zero-order valence-electron chi connectivity index (χ0n) is 17.1. The number of nitrogens with zero attached hydrogens (tertiary/aromatic N) is 2. The summed E-state index contributed by atoms with van der Waals surface area (Å²) in [5, 5.41) is 0.551. The average molecular weight is 445 g/mol. The zero-order chi connectivity index (χ0) is 22.9. The molecule has 2 N–H and O–H groups in total. The highest BCUT2D eigenvalue weighted by Crippen LogP contribution is 2.29. The molecule has 2 aromatic carbocycles. The summed E-state index contributed by atoms with van der Waals surface area (Å²) in [6.07, 6.45) is -2.29. The van der Waals surface area contributed by atoms with Crippen molar-refractivity contribution in [3.05, 3.63) is 71.4 Å². The quantitative estimate of drug-likeness (QED) is 0.665. The summed E-state index contributed by atoms with van der Waals surface area (Å²) in [6.45, 7) is 1.62. The van der Waals surface area contributed by atoms with Crippen LogP contribution in [-0.4, -0.2) is 40.8 Å². The molecule has 1 aliphatic rings. The Hall–Kier alpha value is -3.33. The molecule has 9 heteroatoms. The van der Waals surface area contributed by atoms with Crippen LogP contribution in [0.3, 0.4) is 0 Å². The lowest BCUT2D eigenvalue weighted by molar-refractivity contribution is -0.199. The van der Waals surface area contributed by atoms with Crippen LogP contribution in [0, 0.1) is 0 Å². The van der Waals surface area contributed by atoms with E-state index in [1.165, 1.54) is 23.9 Å². The van der Waals surface area contributed by atoms with E-state index in [0.717, 1.165) is 23.1 Å². The van der Waals surface area contributed by atoms with Gasteiger partial charge in [-0.25, -0.2) is 4.79 Å². The van der Waals surface area contributed by atoms with Gasteiger partial charge in [-0.3, -0.25) is 4.79 Å². The Morgan fingerprint density at radius 1 is 1.06 bits per heavy atom. The summed E-state index contributed by atoms with van der Waals surface area (Å²) in [7, 11) is 0. The van der Waals surface area contributed by atoms with Crippen molar-refractivity contribution in [3.8, 4) is 0 Å². The van der Waals surface area contributed by atoms with E-state index in [4.69, 9.17) is 5.73 Å². The number of carbonyl (C=O) groups excluding carboxylic acids is 2. The molecular formula is C23H22F3N3O3. The van der Waals surface area contributed by atoms with E-state index in [1.54, 1.807) is 17.0 Å². The minimum Gasteiger partial charge on any atom is -0.339 e. The van der Waals surface area contributed by atoms with Gasteiger partial charge >= 0.3 is 12.1 Å². The van der Waals surface area contributed by atoms with Crippen molar-refractivity contribution in [2.75, 3.05) is 13.1 Å². The molecule has 0 atom stereocenters. The standard InChI is InChI=1S/C23H22F3N3O3/c24-23(25,26)22(31)32-29-11-8-17-4-5-19(13-20(17)29)21(30)28-9-6-16(7-10-28)18-3-1-2-15(12-18)14-27/h1-5,8,11-13,16H,6-7,9-10,14,27H2. The van der Waals surface area contributed by atoms with E-state index in [1.807, 2.05) is 12.1 Å². The first kappa shape index (κ1) is 21.9. The minimum absolute atomic E-state index is 0.210. The van der Waals surface area contributed by atoms with Crippen molar-refractivity contribution in [3.63, 3.8) is 0 Å². The first-order valence-electron chi connectivity index (χ1n) is 10.2. The number of fused-ring (bicyclic) bond motifs is 1. The van der Waals surface area contributed by atoms with Crippen LogP contribution < -0.4 is 10.6 Å². The van der Waals surface area contributed by atoms with Crippen molar-refractivity contribution in [2.45, 2.75) is 31.5 Å². The molecule has 1 fully saturated rings. The van der Waals surface area contributed by atoms with Gasteiger partial charge in [0.1, 0.15) is 0 Å². The Kier molecular flexibility index (Phi) is 5.92. The van der Waals surface area contributed by atoms with Gasteiger partial charge < -0.3 is 15.5 Å². The molecule has 0 saturated carbocycles. The maximum atomic E-state index is 13.0. The molecule has 0 unspecified atom stereocenters. The van der Waals surface area contributed by atoms with Gasteiger partial charge in [0.2, 0.25) is 0 Å². The van der Waals surface area contributed by atoms with E-state index in [2.05, 4.69) is 17.0 Å². The van der Waals surface area contributed by atoms with Crippen LogP contribution in [0.4, 0.5) is 13.2 Å². The fourth-order valence-electron chi connectivity index (χ4n) is 4.03. The molecule has 168 valence electrons. The van der Waals surface area contributed by atoms with Crippen molar-refractivity contribution in [2.24, 2.45) is 5.73 Å². The van der Waals surface area contributed by atoms with Gasteiger partial charge in [-0.15, -0.1) is 0 Å². The Labute approximate surface area is 182 Å².